The smallest absolute Gasteiger partial charge is 0.744 e. The van der Waals surface area contributed by atoms with Crippen LogP contribution in [0.25, 0.3) is 25.6 Å². The van der Waals surface area contributed by atoms with E-state index >= 15 is 0 Å². The van der Waals surface area contributed by atoms with E-state index in [0.717, 1.165) is 45.0 Å². The Kier molecular flexibility index (Phi) is 15.7. The summed E-state index contributed by atoms with van der Waals surface area (Å²) in [4.78, 5) is 16.1. The minimum Gasteiger partial charge on any atom is -0.744 e. The van der Waals surface area contributed by atoms with Gasteiger partial charge in [-0.25, -0.2) is 31.8 Å². The standard InChI is InChI=1S/C45H42N10O6S4.2Li/c1-7-27-13-11-14-28(8-2)40(27)50-42-39(51-52-43-33(24-46)26(6)53-55(43)45-48-35-20-18-32(65(59,60)61)23-37(35)63-45)25(5)21-38(49-42)54(41-29(9-3)15-12-16-30(41)10-4)44-47-34-19-17-31(64(56,57)58)22-36(34)62-44;;/h11-23H,7-10H2,1-6H3,(H,49,50)(H,56,57,58)(H,59,60,61);;/q;2*+1/p-2. The van der Waals surface area contributed by atoms with Crippen LogP contribution in [0, 0.1) is 25.2 Å². The number of pyridine rings is 1. The topological polar surface area (TPSA) is 235 Å². The third-order valence-corrected chi connectivity index (χ3v) is 14.5. The van der Waals surface area contributed by atoms with Gasteiger partial charge in [-0.3, -0.25) is 4.90 Å². The van der Waals surface area contributed by atoms with Crippen LogP contribution < -0.4 is 47.9 Å². The molecule has 0 saturated carbocycles. The minimum absolute atomic E-state index is 0. The molecule has 16 nitrogen and oxygen atoms in total. The number of nitrogens with zero attached hydrogens (tertiary/aromatic N) is 9. The first kappa shape index (κ1) is 51.1. The first-order valence-electron chi connectivity index (χ1n) is 20.5. The second-order valence-electron chi connectivity index (χ2n) is 14.9. The first-order chi connectivity index (χ1) is 31.1. The molecule has 67 heavy (non-hydrogen) atoms. The fraction of sp³-hybridized carbons (Fsp3) is 0.222. The Bertz CT molecular complexity index is 3450. The Labute approximate surface area is 420 Å². The average molecular weight is 959 g/mol. The van der Waals surface area contributed by atoms with Crippen molar-refractivity contribution in [2.45, 2.75) is 77.0 Å². The summed E-state index contributed by atoms with van der Waals surface area (Å²) in [5.41, 5.74) is 8.21. The molecule has 0 bridgehead atoms. The van der Waals surface area contributed by atoms with Gasteiger partial charge in [0.25, 0.3) is 0 Å². The van der Waals surface area contributed by atoms with E-state index < -0.39 is 25.1 Å². The maximum Gasteiger partial charge on any atom is 1.00 e. The Hall–Kier alpha value is -5.28. The van der Waals surface area contributed by atoms with Gasteiger partial charge in [-0.05, 0) is 110 Å². The predicted octanol–water partition coefficient (Wildman–Crippen LogP) is 4.67. The van der Waals surface area contributed by atoms with Gasteiger partial charge in [0.1, 0.15) is 43.4 Å². The summed E-state index contributed by atoms with van der Waals surface area (Å²) in [6.45, 7) is 11.8. The van der Waals surface area contributed by atoms with Crippen molar-refractivity contribution < 1.29 is 63.7 Å². The van der Waals surface area contributed by atoms with Crippen molar-refractivity contribution in [3.05, 3.63) is 118 Å². The Morgan fingerprint density at radius 2 is 1.27 bits per heavy atom. The number of anilines is 5. The van der Waals surface area contributed by atoms with Gasteiger partial charge in [0, 0.05) is 5.69 Å². The molecule has 22 heteroatoms. The van der Waals surface area contributed by atoms with Crippen molar-refractivity contribution in [2.24, 2.45) is 10.2 Å². The first-order valence-corrected chi connectivity index (χ1v) is 25.0. The van der Waals surface area contributed by atoms with E-state index in [1.54, 1.807) is 6.92 Å². The molecule has 8 rings (SSSR count). The Balaban J connectivity index is 0.00000370. The van der Waals surface area contributed by atoms with Gasteiger partial charge in [0.05, 0.1) is 41.6 Å². The van der Waals surface area contributed by atoms with Crippen molar-refractivity contribution in [3.8, 4) is 11.2 Å². The molecule has 0 fully saturated rings. The number of rotatable bonds is 14. The summed E-state index contributed by atoms with van der Waals surface area (Å²) in [6, 6.07) is 24.3. The number of aryl methyl sites for hydroxylation is 6. The van der Waals surface area contributed by atoms with Gasteiger partial charge in [-0.1, -0.05) is 86.8 Å². The molecule has 0 aliphatic rings. The monoisotopic (exact) mass is 958 g/mol. The number of hydrogen-bond acceptors (Lipinski definition) is 17. The van der Waals surface area contributed by atoms with Gasteiger partial charge < -0.3 is 14.4 Å². The van der Waals surface area contributed by atoms with Crippen molar-refractivity contribution in [3.63, 3.8) is 0 Å². The summed E-state index contributed by atoms with van der Waals surface area (Å²) in [5, 5.41) is 28.8. The molecule has 4 aromatic carbocycles. The molecule has 0 amide bonds. The maximum absolute atomic E-state index is 12.1. The third-order valence-electron chi connectivity index (χ3n) is 10.9. The number of thiazole rings is 2. The van der Waals surface area contributed by atoms with Crippen molar-refractivity contribution in [2.75, 3.05) is 10.2 Å². The number of aromatic nitrogens is 5. The van der Waals surface area contributed by atoms with Gasteiger partial charge in [0.2, 0.25) is 5.13 Å². The normalized spacial score (nSPS) is 11.7. The maximum atomic E-state index is 12.1. The van der Waals surface area contributed by atoms with E-state index in [2.05, 4.69) is 54.3 Å². The van der Waals surface area contributed by atoms with E-state index in [1.807, 2.05) is 54.3 Å². The quantitative estimate of drug-likeness (QED) is 0.0888. The summed E-state index contributed by atoms with van der Waals surface area (Å²) < 4.78 is 73.9. The second kappa shape index (κ2) is 20.5. The molecule has 0 atom stereocenters. The van der Waals surface area contributed by atoms with Crippen molar-refractivity contribution >= 4 is 103 Å². The molecule has 0 aliphatic heterocycles. The fourth-order valence-electron chi connectivity index (χ4n) is 7.56. The summed E-state index contributed by atoms with van der Waals surface area (Å²) in [7, 11) is -9.45. The second-order valence-corrected chi connectivity index (χ2v) is 19.7. The number of azo groups is 1. The zero-order chi connectivity index (χ0) is 46.4. The molecule has 4 heterocycles. The van der Waals surface area contributed by atoms with Crippen LogP contribution in [0.15, 0.2) is 98.9 Å². The van der Waals surface area contributed by atoms with Crippen LogP contribution in [-0.2, 0) is 45.9 Å². The average Bonchev–Trinajstić information content (AvgIpc) is 3.99. The van der Waals surface area contributed by atoms with Crippen LogP contribution in [-0.4, -0.2) is 50.7 Å². The number of benzene rings is 4. The van der Waals surface area contributed by atoms with E-state index in [0.29, 0.717) is 79.8 Å². The molecule has 1 N–H and O–H groups in total. The number of hydrogen-bond donors (Lipinski definition) is 1. The molecule has 0 saturated heterocycles. The Morgan fingerprint density at radius 3 is 1.81 bits per heavy atom. The fourth-order valence-corrected chi connectivity index (χ4v) is 10.7. The van der Waals surface area contributed by atoms with Gasteiger partial charge in [-0.2, -0.15) is 15.0 Å². The predicted molar refractivity (Wildman–Crippen MR) is 250 cm³/mol. The molecule has 0 radical (unpaired) electrons. The molecular formula is C45H40Li2N10O6S4. The van der Waals surface area contributed by atoms with Crippen LogP contribution in [0.1, 0.15) is 66.8 Å². The van der Waals surface area contributed by atoms with Crippen LogP contribution in [0.5, 0.6) is 0 Å². The van der Waals surface area contributed by atoms with Gasteiger partial charge in [-0.15, -0.1) is 10.2 Å². The molecule has 8 aromatic rings. The molecule has 4 aromatic heterocycles. The molecule has 0 spiro atoms. The van der Waals surface area contributed by atoms with Crippen molar-refractivity contribution in [1.82, 2.24) is 24.7 Å². The minimum atomic E-state index is -4.73. The number of fused-ring (bicyclic) bond motifs is 2. The van der Waals surface area contributed by atoms with E-state index in [-0.39, 0.29) is 59.1 Å². The largest absolute Gasteiger partial charge is 1.00 e. The molecule has 0 unspecified atom stereocenters. The summed E-state index contributed by atoms with van der Waals surface area (Å²) in [5.74, 6) is 0.873. The van der Waals surface area contributed by atoms with Gasteiger partial charge >= 0.3 is 37.7 Å². The van der Waals surface area contributed by atoms with Crippen LogP contribution >= 0.6 is 22.7 Å². The van der Waals surface area contributed by atoms with Crippen LogP contribution in [0.2, 0.25) is 0 Å². The van der Waals surface area contributed by atoms with Crippen molar-refractivity contribution in [1.29, 1.82) is 5.26 Å². The van der Waals surface area contributed by atoms with Crippen LogP contribution in [0.3, 0.4) is 0 Å². The zero-order valence-electron chi connectivity index (χ0n) is 37.9. The Morgan fingerprint density at radius 1 is 0.731 bits per heavy atom. The number of para-hydroxylation sites is 2. The van der Waals surface area contributed by atoms with Crippen LogP contribution in [0.4, 0.5) is 39.6 Å². The molecule has 0 aliphatic carbocycles. The molecule has 332 valence electrons. The van der Waals surface area contributed by atoms with E-state index in [4.69, 9.17) is 15.1 Å². The van der Waals surface area contributed by atoms with E-state index in [1.165, 1.54) is 52.4 Å². The summed E-state index contributed by atoms with van der Waals surface area (Å²) in [6.07, 6.45) is 2.77. The molecular weight excluding hydrogens is 919 g/mol. The SMILES string of the molecule is CCc1cccc(CC)c1Nc1nc(N(c2nc3ccc(S(=O)(=O)[O-])cc3s2)c2c(CC)cccc2CC)cc(C)c1N=Nc1c(C#N)c(C)nn1-c1nc2ccc(S(=O)(=O)[O-])cc2s1.[Li+].[Li+]. The van der Waals surface area contributed by atoms with E-state index in [9.17, 15) is 31.2 Å². The number of nitriles is 1. The third kappa shape index (κ3) is 10.1. The number of nitrogens with one attached hydrogen (secondary N) is 1. The van der Waals surface area contributed by atoms with Gasteiger partial charge in [0.15, 0.2) is 16.8 Å². The summed E-state index contributed by atoms with van der Waals surface area (Å²) >= 11 is 2.30. The zero-order valence-corrected chi connectivity index (χ0v) is 41.2.